The molecule has 0 saturated heterocycles. The number of aryl methyl sites for hydroxylation is 1. The smallest absolute Gasteiger partial charge is 0.209 e. The molecule has 0 saturated carbocycles. The average molecular weight is 274 g/mol. The Balaban J connectivity index is 1.70. The molecule has 2 aromatic heterocycles. The summed E-state index contributed by atoms with van der Waals surface area (Å²) >= 11 is 1.62. The first kappa shape index (κ1) is 12.3. The van der Waals surface area contributed by atoms with Crippen molar-refractivity contribution in [1.82, 2.24) is 20.1 Å². The van der Waals surface area contributed by atoms with Crippen LogP contribution in [-0.2, 0) is 13.1 Å². The largest absolute Gasteiger partial charge is 0.439 e. The molecule has 0 radical (unpaired) electrons. The van der Waals surface area contributed by atoms with E-state index in [0.29, 0.717) is 6.54 Å². The number of rotatable bonds is 4. The zero-order chi connectivity index (χ0) is 13.2. The van der Waals surface area contributed by atoms with E-state index >= 15 is 0 Å². The average Bonchev–Trinajstić information content (AvgIpc) is 2.94. The zero-order valence-electron chi connectivity index (χ0n) is 10.8. The van der Waals surface area contributed by atoms with Crippen LogP contribution < -0.4 is 0 Å². The summed E-state index contributed by atoms with van der Waals surface area (Å²) in [6, 6.07) is 7.80. The molecule has 0 aliphatic heterocycles. The van der Waals surface area contributed by atoms with Crippen molar-refractivity contribution < 1.29 is 4.42 Å². The number of fused-ring (bicyclic) bond motifs is 1. The van der Waals surface area contributed by atoms with E-state index in [9.17, 15) is 0 Å². The first-order valence-electron chi connectivity index (χ1n) is 6.03. The Labute approximate surface area is 114 Å². The summed E-state index contributed by atoms with van der Waals surface area (Å²) < 4.78 is 5.70. The number of oxazole rings is 1. The molecule has 2 heterocycles. The van der Waals surface area contributed by atoms with Gasteiger partial charge in [-0.3, -0.25) is 4.90 Å². The van der Waals surface area contributed by atoms with Crippen molar-refractivity contribution in [1.29, 1.82) is 0 Å². The molecule has 0 bridgehead atoms. The van der Waals surface area contributed by atoms with Crippen molar-refractivity contribution in [3.05, 3.63) is 40.2 Å². The van der Waals surface area contributed by atoms with E-state index in [1.54, 1.807) is 11.3 Å². The molecule has 5 nitrogen and oxygen atoms in total. The summed E-state index contributed by atoms with van der Waals surface area (Å²) in [6.07, 6.45) is 0. The Hall–Kier alpha value is -1.79. The fourth-order valence-electron chi connectivity index (χ4n) is 1.91. The summed E-state index contributed by atoms with van der Waals surface area (Å²) in [5, 5.41) is 10.1. The molecule has 3 rings (SSSR count). The molecule has 98 valence electrons. The minimum atomic E-state index is 0.660. The molecule has 3 aromatic rings. The predicted molar refractivity (Wildman–Crippen MR) is 73.8 cm³/mol. The summed E-state index contributed by atoms with van der Waals surface area (Å²) in [7, 11) is 2.02. The van der Waals surface area contributed by atoms with Crippen molar-refractivity contribution in [3.63, 3.8) is 0 Å². The molecular weight excluding hydrogens is 260 g/mol. The maximum absolute atomic E-state index is 5.70. The monoisotopic (exact) mass is 274 g/mol. The quantitative estimate of drug-likeness (QED) is 0.732. The lowest BCUT2D eigenvalue weighted by molar-refractivity contribution is 0.284. The van der Waals surface area contributed by atoms with E-state index in [2.05, 4.69) is 20.1 Å². The van der Waals surface area contributed by atoms with Gasteiger partial charge in [-0.15, -0.1) is 21.5 Å². The van der Waals surface area contributed by atoms with Gasteiger partial charge in [-0.25, -0.2) is 4.98 Å². The third-order valence-electron chi connectivity index (χ3n) is 2.72. The molecule has 0 aliphatic rings. The van der Waals surface area contributed by atoms with Gasteiger partial charge in [0.2, 0.25) is 5.89 Å². The molecule has 0 spiro atoms. The highest BCUT2D eigenvalue weighted by Crippen LogP contribution is 2.17. The minimum absolute atomic E-state index is 0.660. The van der Waals surface area contributed by atoms with Crippen LogP contribution in [0, 0.1) is 6.92 Å². The molecule has 0 unspecified atom stereocenters. The standard InChI is InChI=1S/C13H14N4OS/c1-9-15-16-13(19-9)8-17(2)7-12-14-10-5-3-4-6-11(10)18-12/h3-6H,7-8H2,1-2H3. The number of benzene rings is 1. The number of hydrogen-bond acceptors (Lipinski definition) is 6. The fourth-order valence-corrected chi connectivity index (χ4v) is 2.70. The Morgan fingerprint density at radius 3 is 2.79 bits per heavy atom. The Bertz CT molecular complexity index is 658. The lowest BCUT2D eigenvalue weighted by Gasteiger charge is -2.11. The topological polar surface area (TPSA) is 55.1 Å². The number of aromatic nitrogens is 3. The van der Waals surface area contributed by atoms with Crippen molar-refractivity contribution in [3.8, 4) is 0 Å². The van der Waals surface area contributed by atoms with E-state index in [-0.39, 0.29) is 0 Å². The number of para-hydroxylation sites is 2. The highest BCUT2D eigenvalue weighted by atomic mass is 32.1. The van der Waals surface area contributed by atoms with Gasteiger partial charge in [-0.1, -0.05) is 12.1 Å². The van der Waals surface area contributed by atoms with E-state index < -0.39 is 0 Å². The van der Waals surface area contributed by atoms with Crippen LogP contribution >= 0.6 is 11.3 Å². The van der Waals surface area contributed by atoms with Gasteiger partial charge in [0.05, 0.1) is 13.1 Å². The molecule has 0 amide bonds. The van der Waals surface area contributed by atoms with Gasteiger partial charge < -0.3 is 4.42 Å². The zero-order valence-corrected chi connectivity index (χ0v) is 11.6. The second-order valence-corrected chi connectivity index (χ2v) is 5.73. The summed E-state index contributed by atoms with van der Waals surface area (Å²) in [5.41, 5.74) is 1.73. The van der Waals surface area contributed by atoms with Gasteiger partial charge in [-0.2, -0.15) is 0 Å². The van der Waals surface area contributed by atoms with Crippen LogP contribution in [0.4, 0.5) is 0 Å². The Morgan fingerprint density at radius 2 is 2.05 bits per heavy atom. The van der Waals surface area contributed by atoms with Gasteiger partial charge >= 0.3 is 0 Å². The molecule has 0 aliphatic carbocycles. The molecule has 6 heteroatoms. The van der Waals surface area contributed by atoms with Gasteiger partial charge in [0.25, 0.3) is 0 Å². The third kappa shape index (κ3) is 2.80. The Morgan fingerprint density at radius 1 is 1.21 bits per heavy atom. The molecule has 1 aromatic carbocycles. The van der Waals surface area contributed by atoms with Gasteiger partial charge in [0.15, 0.2) is 5.58 Å². The summed E-state index contributed by atoms with van der Waals surface area (Å²) in [6.45, 7) is 3.37. The second-order valence-electron chi connectivity index (χ2n) is 4.46. The lowest BCUT2D eigenvalue weighted by atomic mass is 10.3. The van der Waals surface area contributed by atoms with Crippen LogP contribution in [0.25, 0.3) is 11.1 Å². The highest BCUT2D eigenvalue weighted by Gasteiger charge is 2.10. The van der Waals surface area contributed by atoms with Crippen molar-refractivity contribution in [2.75, 3.05) is 7.05 Å². The molecule has 0 N–H and O–H groups in total. The third-order valence-corrected chi connectivity index (χ3v) is 3.54. The summed E-state index contributed by atoms with van der Waals surface area (Å²) in [4.78, 5) is 6.57. The number of hydrogen-bond donors (Lipinski definition) is 0. The number of nitrogens with zero attached hydrogens (tertiary/aromatic N) is 4. The van der Waals surface area contributed by atoms with Gasteiger partial charge in [-0.05, 0) is 26.1 Å². The summed E-state index contributed by atoms with van der Waals surface area (Å²) in [5.74, 6) is 0.727. The predicted octanol–water partition coefficient (Wildman–Crippen LogP) is 2.62. The van der Waals surface area contributed by atoms with Crippen LogP contribution in [0.5, 0.6) is 0 Å². The van der Waals surface area contributed by atoms with Crippen LogP contribution in [0.1, 0.15) is 15.9 Å². The second kappa shape index (κ2) is 5.07. The van der Waals surface area contributed by atoms with Crippen molar-refractivity contribution >= 4 is 22.4 Å². The molecule has 0 atom stereocenters. The van der Waals surface area contributed by atoms with Crippen LogP contribution in [0.15, 0.2) is 28.7 Å². The van der Waals surface area contributed by atoms with Crippen LogP contribution in [-0.4, -0.2) is 27.1 Å². The molecule has 19 heavy (non-hydrogen) atoms. The van der Waals surface area contributed by atoms with E-state index in [4.69, 9.17) is 4.42 Å². The van der Waals surface area contributed by atoms with E-state index in [0.717, 1.165) is 33.6 Å². The van der Waals surface area contributed by atoms with Crippen molar-refractivity contribution in [2.45, 2.75) is 20.0 Å². The fraction of sp³-hybridized carbons (Fsp3) is 0.308. The van der Waals surface area contributed by atoms with E-state index in [1.165, 1.54) is 0 Å². The lowest BCUT2D eigenvalue weighted by Crippen LogP contribution is -2.17. The van der Waals surface area contributed by atoms with Crippen molar-refractivity contribution in [2.24, 2.45) is 0 Å². The first-order chi connectivity index (χ1) is 9.20. The first-order valence-corrected chi connectivity index (χ1v) is 6.84. The maximum atomic E-state index is 5.70. The molecular formula is C13H14N4OS. The van der Waals surface area contributed by atoms with Gasteiger partial charge in [0.1, 0.15) is 15.5 Å². The molecule has 0 fully saturated rings. The van der Waals surface area contributed by atoms with Crippen LogP contribution in [0.2, 0.25) is 0 Å². The SMILES string of the molecule is Cc1nnc(CN(C)Cc2nc3ccccc3o2)s1. The van der Waals surface area contributed by atoms with Gasteiger partial charge in [0, 0.05) is 0 Å². The highest BCUT2D eigenvalue weighted by molar-refractivity contribution is 7.11. The minimum Gasteiger partial charge on any atom is -0.439 e. The maximum Gasteiger partial charge on any atom is 0.209 e. The Kier molecular flexibility index (Phi) is 3.27. The van der Waals surface area contributed by atoms with E-state index in [1.807, 2.05) is 38.2 Å². The van der Waals surface area contributed by atoms with Crippen LogP contribution in [0.3, 0.4) is 0 Å². The normalized spacial score (nSPS) is 11.5.